The van der Waals surface area contributed by atoms with E-state index in [4.69, 9.17) is 0 Å². The van der Waals surface area contributed by atoms with Crippen LogP contribution in [0.3, 0.4) is 0 Å². The van der Waals surface area contributed by atoms with Gasteiger partial charge < -0.3 is 10.0 Å². The largest absolute Gasteiger partial charge is 0.392 e. The molecule has 0 aromatic heterocycles. The number of nitrogens with zero attached hydrogens (tertiary/aromatic N) is 2. The Labute approximate surface area is 109 Å². The van der Waals surface area contributed by atoms with Crippen LogP contribution >= 0.6 is 0 Å². The van der Waals surface area contributed by atoms with Crippen molar-refractivity contribution in [3.8, 4) is 0 Å². The molecule has 18 heavy (non-hydrogen) atoms. The van der Waals surface area contributed by atoms with Gasteiger partial charge in [0.05, 0.1) is 12.6 Å². The van der Waals surface area contributed by atoms with Gasteiger partial charge in [0.2, 0.25) is 5.91 Å². The Balaban J connectivity index is 1.89. The zero-order valence-corrected chi connectivity index (χ0v) is 11.3. The van der Waals surface area contributed by atoms with Crippen molar-refractivity contribution in [3.05, 3.63) is 11.8 Å². The summed E-state index contributed by atoms with van der Waals surface area (Å²) < 4.78 is 0. The third kappa shape index (κ3) is 3.33. The van der Waals surface area contributed by atoms with Crippen molar-refractivity contribution < 1.29 is 9.90 Å². The van der Waals surface area contributed by atoms with Gasteiger partial charge in [0, 0.05) is 18.8 Å². The summed E-state index contributed by atoms with van der Waals surface area (Å²) in [5, 5.41) is 9.62. The average Bonchev–Trinajstić information content (AvgIpc) is 2.83. The van der Waals surface area contributed by atoms with Crippen molar-refractivity contribution in [3.63, 3.8) is 0 Å². The molecule has 0 aromatic rings. The normalized spacial score (nSPS) is 25.0. The van der Waals surface area contributed by atoms with Crippen molar-refractivity contribution in [2.75, 3.05) is 26.2 Å². The number of likely N-dealkylation sites (tertiary alicyclic amines) is 1. The summed E-state index contributed by atoms with van der Waals surface area (Å²) in [6, 6.07) is 0. The summed E-state index contributed by atoms with van der Waals surface area (Å²) in [5.74, 6) is 0.180. The molecule has 0 radical (unpaired) electrons. The second-order valence-corrected chi connectivity index (χ2v) is 5.26. The first kappa shape index (κ1) is 13.6. The summed E-state index contributed by atoms with van der Waals surface area (Å²) in [6.45, 7) is 4.80. The monoisotopic (exact) mass is 252 g/mol. The van der Waals surface area contributed by atoms with Gasteiger partial charge in [0.25, 0.3) is 0 Å². The van der Waals surface area contributed by atoms with E-state index in [1.165, 1.54) is 12.1 Å². The molecule has 1 heterocycles. The van der Waals surface area contributed by atoms with Gasteiger partial charge in [0.1, 0.15) is 0 Å². The standard InChI is InChI=1S/C14H24N2O2/c1-2-16(12-6-3-4-7-12)14(18)11-15-9-5-8-13(17)10-15/h6,13,17H,2-5,7-11H2,1H3/t13-/m0/s1. The zero-order valence-electron chi connectivity index (χ0n) is 11.3. The van der Waals surface area contributed by atoms with E-state index in [9.17, 15) is 9.90 Å². The molecule has 0 bridgehead atoms. The van der Waals surface area contributed by atoms with E-state index in [1.807, 2.05) is 11.8 Å². The van der Waals surface area contributed by atoms with E-state index in [2.05, 4.69) is 11.0 Å². The number of carbonyl (C=O) groups excluding carboxylic acids is 1. The van der Waals surface area contributed by atoms with Crippen LogP contribution < -0.4 is 0 Å². The number of carbonyl (C=O) groups is 1. The third-order valence-electron chi connectivity index (χ3n) is 3.82. The molecule has 0 aromatic carbocycles. The molecule has 1 aliphatic carbocycles. The first-order chi connectivity index (χ1) is 8.70. The number of likely N-dealkylation sites (N-methyl/N-ethyl adjacent to an activating group) is 1. The molecule has 1 fully saturated rings. The number of β-amino-alcohol motifs (C(OH)–C–C–N with tert-alkyl or cyclic N) is 1. The van der Waals surface area contributed by atoms with Crippen LogP contribution in [-0.4, -0.2) is 53.1 Å². The Bertz CT molecular complexity index is 328. The summed E-state index contributed by atoms with van der Waals surface area (Å²) in [4.78, 5) is 16.3. The number of aliphatic hydroxyl groups is 1. The third-order valence-corrected chi connectivity index (χ3v) is 3.82. The van der Waals surface area contributed by atoms with Crippen LogP contribution in [0.5, 0.6) is 0 Å². The fourth-order valence-electron chi connectivity index (χ4n) is 2.89. The van der Waals surface area contributed by atoms with Crippen molar-refractivity contribution in [2.24, 2.45) is 0 Å². The molecule has 102 valence electrons. The van der Waals surface area contributed by atoms with Gasteiger partial charge in [-0.15, -0.1) is 0 Å². The SMILES string of the molecule is CCN(C(=O)CN1CCC[C@H](O)C1)C1=CCCC1. The molecule has 1 amide bonds. The fraction of sp³-hybridized carbons (Fsp3) is 0.786. The zero-order chi connectivity index (χ0) is 13.0. The van der Waals surface area contributed by atoms with E-state index in [-0.39, 0.29) is 12.0 Å². The Kier molecular flexibility index (Phi) is 4.78. The van der Waals surface area contributed by atoms with Gasteiger partial charge in [0.15, 0.2) is 0 Å². The molecule has 4 nitrogen and oxygen atoms in total. The topological polar surface area (TPSA) is 43.8 Å². The van der Waals surface area contributed by atoms with Crippen molar-refractivity contribution in [1.29, 1.82) is 0 Å². The molecule has 4 heteroatoms. The molecule has 2 rings (SSSR count). The van der Waals surface area contributed by atoms with Crippen LogP contribution in [0.1, 0.15) is 39.0 Å². The maximum absolute atomic E-state index is 12.3. The van der Waals surface area contributed by atoms with E-state index in [0.717, 1.165) is 38.8 Å². The van der Waals surface area contributed by atoms with E-state index < -0.39 is 0 Å². The van der Waals surface area contributed by atoms with Crippen LogP contribution in [0.15, 0.2) is 11.8 Å². The van der Waals surface area contributed by atoms with Crippen LogP contribution in [0.2, 0.25) is 0 Å². The Morgan fingerprint density at radius 1 is 1.56 bits per heavy atom. The maximum atomic E-state index is 12.3. The number of hydrogen-bond donors (Lipinski definition) is 1. The molecule has 0 unspecified atom stereocenters. The first-order valence-electron chi connectivity index (χ1n) is 7.10. The summed E-state index contributed by atoms with van der Waals surface area (Å²) in [6.07, 6.45) is 7.08. The van der Waals surface area contributed by atoms with Crippen molar-refractivity contribution in [2.45, 2.75) is 45.1 Å². The predicted octanol–water partition coefficient (Wildman–Crippen LogP) is 1.36. The van der Waals surface area contributed by atoms with Crippen LogP contribution in [0.4, 0.5) is 0 Å². The molecule has 0 spiro atoms. The highest BCUT2D eigenvalue weighted by molar-refractivity contribution is 5.80. The number of piperidine rings is 1. The molecular weight excluding hydrogens is 228 g/mol. The van der Waals surface area contributed by atoms with E-state index >= 15 is 0 Å². The van der Waals surface area contributed by atoms with E-state index in [1.54, 1.807) is 0 Å². The highest BCUT2D eigenvalue weighted by atomic mass is 16.3. The smallest absolute Gasteiger partial charge is 0.240 e. The molecule has 2 aliphatic rings. The summed E-state index contributed by atoms with van der Waals surface area (Å²) in [7, 11) is 0. The summed E-state index contributed by atoms with van der Waals surface area (Å²) in [5.41, 5.74) is 1.19. The van der Waals surface area contributed by atoms with Gasteiger partial charge in [-0.2, -0.15) is 0 Å². The lowest BCUT2D eigenvalue weighted by Crippen LogP contribution is -2.45. The van der Waals surface area contributed by atoms with Gasteiger partial charge in [-0.25, -0.2) is 0 Å². The number of hydrogen-bond acceptors (Lipinski definition) is 3. The van der Waals surface area contributed by atoms with Gasteiger partial charge in [-0.05, 0) is 45.6 Å². The minimum Gasteiger partial charge on any atom is -0.392 e. The molecule has 1 saturated heterocycles. The minimum atomic E-state index is -0.257. The van der Waals surface area contributed by atoms with Crippen LogP contribution in [-0.2, 0) is 4.79 Å². The molecule has 0 saturated carbocycles. The molecular formula is C14H24N2O2. The van der Waals surface area contributed by atoms with Crippen LogP contribution in [0.25, 0.3) is 0 Å². The van der Waals surface area contributed by atoms with Crippen LogP contribution in [0, 0.1) is 0 Å². The number of allylic oxidation sites excluding steroid dienone is 2. The van der Waals surface area contributed by atoms with Gasteiger partial charge >= 0.3 is 0 Å². The number of amides is 1. The summed E-state index contributed by atoms with van der Waals surface area (Å²) >= 11 is 0. The highest BCUT2D eigenvalue weighted by Crippen LogP contribution is 2.21. The van der Waals surface area contributed by atoms with Crippen molar-refractivity contribution in [1.82, 2.24) is 9.80 Å². The Morgan fingerprint density at radius 2 is 2.39 bits per heavy atom. The Morgan fingerprint density at radius 3 is 3.00 bits per heavy atom. The van der Waals surface area contributed by atoms with Crippen molar-refractivity contribution >= 4 is 5.91 Å². The minimum absolute atomic E-state index is 0.180. The van der Waals surface area contributed by atoms with E-state index in [0.29, 0.717) is 13.1 Å². The highest BCUT2D eigenvalue weighted by Gasteiger charge is 2.24. The molecule has 1 atom stereocenters. The van der Waals surface area contributed by atoms with Gasteiger partial charge in [-0.3, -0.25) is 9.69 Å². The lowest BCUT2D eigenvalue weighted by Gasteiger charge is -2.31. The first-order valence-corrected chi connectivity index (χ1v) is 7.10. The number of rotatable bonds is 4. The van der Waals surface area contributed by atoms with Gasteiger partial charge in [-0.1, -0.05) is 6.08 Å². The lowest BCUT2D eigenvalue weighted by molar-refractivity contribution is -0.131. The maximum Gasteiger partial charge on any atom is 0.240 e. The quantitative estimate of drug-likeness (QED) is 0.821. The predicted molar refractivity (Wildman–Crippen MR) is 71.0 cm³/mol. The molecule has 1 aliphatic heterocycles. The fourth-order valence-corrected chi connectivity index (χ4v) is 2.89. The average molecular weight is 252 g/mol. The lowest BCUT2D eigenvalue weighted by atomic mass is 10.1. The number of aliphatic hydroxyl groups excluding tert-OH is 1. The second kappa shape index (κ2) is 6.34. The Hall–Kier alpha value is -0.870. The molecule has 1 N–H and O–H groups in total. The second-order valence-electron chi connectivity index (χ2n) is 5.26.